The summed E-state index contributed by atoms with van der Waals surface area (Å²) in [5.74, 6) is 0. The van der Waals surface area contributed by atoms with Gasteiger partial charge in [0.1, 0.15) is 0 Å². The van der Waals surface area contributed by atoms with Gasteiger partial charge in [-0.05, 0) is 143 Å². The summed E-state index contributed by atoms with van der Waals surface area (Å²) in [7, 11) is 0. The van der Waals surface area contributed by atoms with Crippen LogP contribution in [-0.4, -0.2) is 0 Å². The third kappa shape index (κ3) is 5.91. The van der Waals surface area contributed by atoms with Crippen molar-refractivity contribution < 1.29 is 0 Å². The molecule has 0 atom stereocenters. The van der Waals surface area contributed by atoms with Crippen LogP contribution in [0.5, 0.6) is 0 Å². The summed E-state index contributed by atoms with van der Waals surface area (Å²) < 4.78 is 0. The highest BCUT2D eigenvalue weighted by atomic mass is 15.3. The Morgan fingerprint density at radius 1 is 0.292 bits per heavy atom. The van der Waals surface area contributed by atoms with Crippen molar-refractivity contribution >= 4 is 80.4 Å². The van der Waals surface area contributed by atoms with Crippen molar-refractivity contribution in [2.24, 2.45) is 0 Å². The molecule has 9 aromatic carbocycles. The summed E-state index contributed by atoms with van der Waals surface area (Å²) >= 11 is 0. The summed E-state index contributed by atoms with van der Waals surface area (Å²) in [6.45, 7) is 0. The number of hydrogen-bond acceptors (Lipinski definition) is 4. The largest absolute Gasteiger partial charge is 0.306 e. The van der Waals surface area contributed by atoms with Crippen LogP contribution in [0.25, 0.3) is 23.3 Å². The molecule has 310 valence electrons. The third-order valence-corrected chi connectivity index (χ3v) is 14.2. The highest BCUT2D eigenvalue weighted by molar-refractivity contribution is 6.03. The first-order valence-electron chi connectivity index (χ1n) is 23.0. The van der Waals surface area contributed by atoms with Crippen LogP contribution in [0.2, 0.25) is 0 Å². The topological polar surface area (TPSA) is 13.0 Å². The molecule has 1 saturated carbocycles. The van der Waals surface area contributed by atoms with Crippen molar-refractivity contribution in [3.63, 3.8) is 0 Å². The average molecular weight is 835 g/mol. The van der Waals surface area contributed by atoms with E-state index in [2.05, 4.69) is 250 Å². The van der Waals surface area contributed by atoms with Crippen LogP contribution < -0.4 is 19.6 Å². The van der Waals surface area contributed by atoms with E-state index in [1.54, 1.807) is 0 Å². The van der Waals surface area contributed by atoms with Gasteiger partial charge in [0.25, 0.3) is 0 Å². The first-order chi connectivity index (χ1) is 32.2. The minimum Gasteiger partial charge on any atom is -0.306 e. The predicted octanol–water partition coefficient (Wildman–Crippen LogP) is 17.2. The molecule has 4 nitrogen and oxygen atoms in total. The average Bonchev–Trinajstić information content (AvgIpc) is 3.98. The minimum atomic E-state index is 0.00812. The zero-order chi connectivity index (χ0) is 42.9. The fraction of sp³-hybridized carbons (Fsp3) is 0.0820. The number of fused-ring (bicyclic) bond motifs is 9. The third-order valence-electron chi connectivity index (χ3n) is 14.2. The van der Waals surface area contributed by atoms with Gasteiger partial charge in [-0.15, -0.1) is 0 Å². The Hall–Kier alpha value is -8.08. The zero-order valence-corrected chi connectivity index (χ0v) is 36.1. The number of anilines is 12. The number of nitrogens with zero attached hydrogens (tertiary/aromatic N) is 4. The maximum Gasteiger partial charge on any atom is 0.0703 e. The highest BCUT2D eigenvalue weighted by Gasteiger charge is 2.45. The molecule has 0 N–H and O–H groups in total. The molecule has 0 radical (unpaired) electrons. The first kappa shape index (κ1) is 37.5. The molecule has 2 heterocycles. The molecule has 65 heavy (non-hydrogen) atoms. The lowest BCUT2D eigenvalue weighted by Crippen LogP contribution is -2.25. The Labute approximate surface area is 381 Å². The number of rotatable bonds is 6. The van der Waals surface area contributed by atoms with Crippen molar-refractivity contribution in [3.8, 4) is 11.1 Å². The van der Waals surface area contributed by atoms with E-state index in [1.807, 2.05) is 0 Å². The van der Waals surface area contributed by atoms with Crippen LogP contribution in [0, 0.1) is 0 Å². The molecular formula is C61H46N4. The molecule has 1 spiro atoms. The lowest BCUT2D eigenvalue weighted by atomic mass is 9.76. The van der Waals surface area contributed by atoms with Crippen LogP contribution in [0.4, 0.5) is 68.2 Å². The van der Waals surface area contributed by atoms with Crippen LogP contribution >= 0.6 is 0 Å². The smallest absolute Gasteiger partial charge is 0.0703 e. The molecule has 2 aliphatic carbocycles. The van der Waals surface area contributed by atoms with Crippen LogP contribution in [-0.2, 0) is 5.41 Å². The second kappa shape index (κ2) is 15.0. The Morgan fingerprint density at radius 2 is 0.615 bits per heavy atom. The molecule has 0 amide bonds. The molecule has 4 heteroatoms. The van der Waals surface area contributed by atoms with Gasteiger partial charge in [-0.25, -0.2) is 0 Å². The molecular weight excluding hydrogens is 789 g/mol. The predicted molar refractivity (Wildman–Crippen MR) is 272 cm³/mol. The molecule has 13 rings (SSSR count). The van der Waals surface area contributed by atoms with E-state index in [1.165, 1.54) is 87.5 Å². The van der Waals surface area contributed by atoms with Crippen molar-refractivity contribution in [3.05, 3.63) is 241 Å². The maximum atomic E-state index is 2.53. The summed E-state index contributed by atoms with van der Waals surface area (Å²) in [4.78, 5) is 9.65. The van der Waals surface area contributed by atoms with E-state index in [-0.39, 0.29) is 5.41 Å². The van der Waals surface area contributed by atoms with Gasteiger partial charge in [0.15, 0.2) is 0 Å². The van der Waals surface area contributed by atoms with E-state index in [0.717, 1.165) is 39.8 Å². The lowest BCUT2D eigenvalue weighted by Gasteiger charge is -2.40. The summed E-state index contributed by atoms with van der Waals surface area (Å²) in [6.07, 6.45) is 9.40. The van der Waals surface area contributed by atoms with Gasteiger partial charge in [-0.1, -0.05) is 146 Å². The zero-order valence-electron chi connectivity index (χ0n) is 36.1. The standard InChI is InChI=1S/C61H46N4/c1-3-17-45(18-4-1)62-53-21-7-9-23-55(53)64(56-24-10-8-22-54(56)62)47-34-31-43(32-35-47)29-30-44-33-37-49-50-38-36-48(42-52(50)61(51(49)41-44)39-15-16-40-61)65-59-27-13-11-25-57(59)63(46-19-5-2-6-20-46)58-26-12-14-28-60(58)65/h1-14,17-38,41-42H,15-16,39-40H2. The highest BCUT2D eigenvalue weighted by Crippen LogP contribution is 2.60. The van der Waals surface area contributed by atoms with Crippen molar-refractivity contribution in [2.45, 2.75) is 31.1 Å². The van der Waals surface area contributed by atoms with Crippen LogP contribution in [0.15, 0.2) is 218 Å². The van der Waals surface area contributed by atoms with Crippen molar-refractivity contribution in [1.29, 1.82) is 0 Å². The maximum absolute atomic E-state index is 2.53. The first-order valence-corrected chi connectivity index (χ1v) is 23.0. The molecule has 2 aliphatic heterocycles. The van der Waals surface area contributed by atoms with E-state index < -0.39 is 0 Å². The second-order valence-electron chi connectivity index (χ2n) is 17.7. The van der Waals surface area contributed by atoms with Gasteiger partial charge in [0.05, 0.1) is 45.5 Å². The molecule has 0 aromatic heterocycles. The summed E-state index contributed by atoms with van der Waals surface area (Å²) in [5.41, 5.74) is 22.2. The number of benzene rings is 9. The fourth-order valence-electron chi connectivity index (χ4n) is 11.3. The van der Waals surface area contributed by atoms with E-state index in [0.29, 0.717) is 0 Å². The quantitative estimate of drug-likeness (QED) is 0.155. The van der Waals surface area contributed by atoms with E-state index >= 15 is 0 Å². The van der Waals surface area contributed by atoms with Gasteiger partial charge in [0, 0.05) is 28.2 Å². The second-order valence-corrected chi connectivity index (χ2v) is 17.7. The minimum absolute atomic E-state index is 0.00812. The monoisotopic (exact) mass is 834 g/mol. The van der Waals surface area contributed by atoms with Crippen molar-refractivity contribution in [2.75, 3.05) is 19.6 Å². The molecule has 1 fully saturated rings. The van der Waals surface area contributed by atoms with Gasteiger partial charge < -0.3 is 19.6 Å². The molecule has 0 unspecified atom stereocenters. The fourth-order valence-corrected chi connectivity index (χ4v) is 11.3. The van der Waals surface area contributed by atoms with E-state index in [9.17, 15) is 0 Å². The Balaban J connectivity index is 0.822. The molecule has 4 aliphatic rings. The number of hydrogen-bond donors (Lipinski definition) is 0. The lowest BCUT2D eigenvalue weighted by molar-refractivity contribution is 0.550. The normalized spacial score (nSPS) is 15.1. The van der Waals surface area contributed by atoms with Gasteiger partial charge >= 0.3 is 0 Å². The van der Waals surface area contributed by atoms with Crippen molar-refractivity contribution in [1.82, 2.24) is 0 Å². The number of para-hydroxylation sites is 10. The Bertz CT molecular complexity index is 3200. The Kier molecular flexibility index (Phi) is 8.67. The van der Waals surface area contributed by atoms with Crippen LogP contribution in [0.3, 0.4) is 0 Å². The van der Waals surface area contributed by atoms with Gasteiger partial charge in [0.2, 0.25) is 0 Å². The summed E-state index contributed by atoms with van der Waals surface area (Å²) in [5, 5.41) is 0. The van der Waals surface area contributed by atoms with Crippen LogP contribution in [0.1, 0.15) is 47.9 Å². The Morgan fingerprint density at radius 3 is 1.06 bits per heavy atom. The van der Waals surface area contributed by atoms with Gasteiger partial charge in [-0.2, -0.15) is 0 Å². The van der Waals surface area contributed by atoms with E-state index in [4.69, 9.17) is 0 Å². The summed E-state index contributed by atoms with van der Waals surface area (Å²) in [6, 6.07) is 80.0. The molecule has 0 saturated heterocycles. The SMILES string of the molecule is C(=Cc1ccc2c(c1)C1(CCCC1)c1cc(N3c4ccccc4N(c4ccccc4)c4ccccc43)ccc1-2)c1ccc(N2c3ccccc3N(c3ccccc3)c3ccccc32)cc1. The van der Waals surface area contributed by atoms with Gasteiger partial charge in [-0.3, -0.25) is 0 Å². The molecule has 9 aromatic rings. The molecule has 0 bridgehead atoms.